The number of rotatable bonds is 3. The van der Waals surface area contributed by atoms with Crippen molar-refractivity contribution in [2.24, 2.45) is 0 Å². The van der Waals surface area contributed by atoms with Crippen molar-refractivity contribution in [2.75, 3.05) is 0 Å². The number of fused-ring (bicyclic) bond motifs is 9. The summed E-state index contributed by atoms with van der Waals surface area (Å²) in [5, 5.41) is 0. The molecule has 0 radical (unpaired) electrons. The third-order valence-corrected chi connectivity index (χ3v) is 9.23. The maximum absolute atomic E-state index is 5.04. The van der Waals surface area contributed by atoms with Crippen molar-refractivity contribution < 1.29 is 0 Å². The molecule has 0 N–H and O–H groups in total. The number of nitrogens with zero attached hydrogens (tertiary/aromatic N) is 3. The predicted octanol–water partition coefficient (Wildman–Crippen LogP) is 9.30. The fraction of sp³-hybridized carbons (Fsp3) is 0.0750. The summed E-state index contributed by atoms with van der Waals surface area (Å²) in [5.74, 6) is 2.05. The molecule has 3 heteroatoms. The van der Waals surface area contributed by atoms with Gasteiger partial charge in [0.15, 0.2) is 17.5 Å². The van der Waals surface area contributed by atoms with Crippen molar-refractivity contribution in [3.05, 3.63) is 167 Å². The summed E-state index contributed by atoms with van der Waals surface area (Å²) in [4.78, 5) is 15.0. The maximum Gasteiger partial charge on any atom is 0.164 e. The van der Waals surface area contributed by atoms with Crippen molar-refractivity contribution in [3.8, 4) is 45.3 Å². The first-order valence-corrected chi connectivity index (χ1v) is 14.9. The topological polar surface area (TPSA) is 38.7 Å². The van der Waals surface area contributed by atoms with Crippen LogP contribution in [0.4, 0.5) is 0 Å². The van der Waals surface area contributed by atoms with Gasteiger partial charge in [-0.25, -0.2) is 15.0 Å². The molecule has 9 rings (SSSR count). The van der Waals surface area contributed by atoms with Crippen LogP contribution in [0.25, 0.3) is 50.9 Å². The van der Waals surface area contributed by atoms with Crippen molar-refractivity contribution >= 4 is 5.57 Å². The average molecular weight is 550 g/mol. The summed E-state index contributed by atoms with van der Waals surface area (Å²) in [7, 11) is 0. The Bertz CT molecular complexity index is 2020. The zero-order chi connectivity index (χ0) is 28.4. The van der Waals surface area contributed by atoms with E-state index in [9.17, 15) is 0 Å². The van der Waals surface area contributed by atoms with E-state index in [1.165, 1.54) is 44.5 Å². The van der Waals surface area contributed by atoms with E-state index in [1.807, 2.05) is 36.4 Å². The molecule has 0 saturated carbocycles. The third kappa shape index (κ3) is 3.45. The first-order valence-electron chi connectivity index (χ1n) is 14.9. The number of allylic oxidation sites excluding steroid dienone is 4. The molecule has 0 fully saturated rings. The summed E-state index contributed by atoms with van der Waals surface area (Å²) in [6.07, 6.45) is 6.81. The summed E-state index contributed by atoms with van der Waals surface area (Å²) >= 11 is 0. The van der Waals surface area contributed by atoms with Gasteiger partial charge in [-0.15, -0.1) is 0 Å². The minimum absolute atomic E-state index is 0.309. The quantitative estimate of drug-likeness (QED) is 0.221. The van der Waals surface area contributed by atoms with Crippen molar-refractivity contribution in [3.63, 3.8) is 0 Å². The van der Waals surface area contributed by atoms with E-state index in [0.717, 1.165) is 29.5 Å². The molecule has 0 saturated heterocycles. The Morgan fingerprint density at radius 3 is 1.58 bits per heavy atom. The fourth-order valence-corrected chi connectivity index (χ4v) is 7.45. The highest BCUT2D eigenvalue weighted by Gasteiger charge is 2.52. The van der Waals surface area contributed by atoms with Crippen LogP contribution < -0.4 is 0 Å². The maximum atomic E-state index is 5.04. The van der Waals surface area contributed by atoms with Crippen LogP contribution >= 0.6 is 0 Å². The fourth-order valence-electron chi connectivity index (χ4n) is 7.45. The second-order valence-corrected chi connectivity index (χ2v) is 11.5. The van der Waals surface area contributed by atoms with E-state index in [-0.39, 0.29) is 5.41 Å². The predicted molar refractivity (Wildman–Crippen MR) is 173 cm³/mol. The van der Waals surface area contributed by atoms with Crippen molar-refractivity contribution in [1.29, 1.82) is 0 Å². The van der Waals surface area contributed by atoms with Gasteiger partial charge >= 0.3 is 0 Å². The van der Waals surface area contributed by atoms with Gasteiger partial charge < -0.3 is 0 Å². The summed E-state index contributed by atoms with van der Waals surface area (Å²) in [6, 6.07) is 45.2. The lowest BCUT2D eigenvalue weighted by Gasteiger charge is -2.32. The lowest BCUT2D eigenvalue weighted by atomic mass is 9.69. The van der Waals surface area contributed by atoms with Crippen LogP contribution in [0.15, 0.2) is 145 Å². The largest absolute Gasteiger partial charge is 0.208 e. The second kappa shape index (κ2) is 9.30. The van der Waals surface area contributed by atoms with E-state index in [2.05, 4.69) is 103 Å². The molecule has 1 spiro atoms. The van der Waals surface area contributed by atoms with Crippen LogP contribution in [-0.4, -0.2) is 15.0 Å². The van der Waals surface area contributed by atoms with Crippen LogP contribution in [0.5, 0.6) is 0 Å². The second-order valence-electron chi connectivity index (χ2n) is 11.5. The summed E-state index contributed by atoms with van der Waals surface area (Å²) in [5.41, 5.74) is 13.6. The normalized spacial score (nSPS) is 15.3. The number of hydrogen-bond donors (Lipinski definition) is 0. The monoisotopic (exact) mass is 549 g/mol. The Labute approximate surface area is 251 Å². The Hall–Kier alpha value is -5.41. The molecule has 1 aromatic heterocycles. The van der Waals surface area contributed by atoms with Crippen molar-refractivity contribution in [2.45, 2.75) is 18.3 Å². The van der Waals surface area contributed by atoms with Gasteiger partial charge in [0.05, 0.1) is 5.41 Å². The molecule has 0 amide bonds. The van der Waals surface area contributed by atoms with Gasteiger partial charge in [-0.05, 0) is 63.4 Å². The molecule has 3 aliphatic carbocycles. The highest BCUT2D eigenvalue weighted by molar-refractivity contribution is 5.96. The Balaban J connectivity index is 1.28. The van der Waals surface area contributed by atoms with Gasteiger partial charge in [-0.2, -0.15) is 0 Å². The molecule has 43 heavy (non-hydrogen) atoms. The first kappa shape index (κ1) is 24.2. The number of aromatic nitrogens is 3. The summed E-state index contributed by atoms with van der Waals surface area (Å²) in [6.45, 7) is 0. The Morgan fingerprint density at radius 1 is 0.465 bits per heavy atom. The van der Waals surface area contributed by atoms with E-state index in [0.29, 0.717) is 17.5 Å². The van der Waals surface area contributed by atoms with E-state index in [1.54, 1.807) is 0 Å². The van der Waals surface area contributed by atoms with Crippen LogP contribution in [0, 0.1) is 0 Å². The van der Waals surface area contributed by atoms with Crippen molar-refractivity contribution in [1.82, 2.24) is 15.0 Å². The summed E-state index contributed by atoms with van der Waals surface area (Å²) < 4.78 is 0. The molecule has 6 aromatic rings. The molecule has 0 aliphatic heterocycles. The molecule has 202 valence electrons. The van der Waals surface area contributed by atoms with Gasteiger partial charge in [0.2, 0.25) is 0 Å². The van der Waals surface area contributed by atoms with Gasteiger partial charge in [-0.3, -0.25) is 0 Å². The molecule has 5 aromatic carbocycles. The molecule has 3 nitrogen and oxygen atoms in total. The van der Waals surface area contributed by atoms with Gasteiger partial charge in [0.25, 0.3) is 0 Å². The molecular weight excluding hydrogens is 522 g/mol. The van der Waals surface area contributed by atoms with Crippen LogP contribution in [-0.2, 0) is 5.41 Å². The third-order valence-electron chi connectivity index (χ3n) is 9.23. The zero-order valence-electron chi connectivity index (χ0n) is 23.5. The van der Waals surface area contributed by atoms with E-state index in [4.69, 9.17) is 15.0 Å². The minimum atomic E-state index is -0.309. The smallest absolute Gasteiger partial charge is 0.164 e. The molecule has 0 bridgehead atoms. The van der Waals surface area contributed by atoms with Crippen LogP contribution in [0.3, 0.4) is 0 Å². The molecule has 1 heterocycles. The molecular formula is C40H27N3. The Kier molecular flexibility index (Phi) is 5.24. The molecule has 0 atom stereocenters. The molecule has 3 aliphatic rings. The zero-order valence-corrected chi connectivity index (χ0v) is 23.5. The molecule has 0 unspecified atom stereocenters. The highest BCUT2D eigenvalue weighted by Crippen LogP contribution is 2.63. The highest BCUT2D eigenvalue weighted by atomic mass is 15.0. The lowest BCUT2D eigenvalue weighted by molar-refractivity contribution is 0.780. The standard InChI is InChI=1S/C40H27N3/c1-3-13-26(14-4-1)37-41-38(27-15-5-2-6-16-27)43-39(42-37)28-23-24-36-32(25-28)31-19-9-12-22-35(31)40(36)33-20-10-7-17-29(33)30-18-8-11-21-34(30)40/h1-8,10-18,20-25H,9,19H2. The van der Waals surface area contributed by atoms with Crippen LogP contribution in [0.2, 0.25) is 0 Å². The first-order chi connectivity index (χ1) is 21.3. The van der Waals surface area contributed by atoms with Gasteiger partial charge in [0.1, 0.15) is 0 Å². The van der Waals surface area contributed by atoms with Crippen LogP contribution in [0.1, 0.15) is 35.1 Å². The Morgan fingerprint density at radius 2 is 0.977 bits per heavy atom. The number of benzene rings is 5. The SMILES string of the molecule is C1=CC2=C(CC1)c1cc(-c3nc(-c4ccccc4)nc(-c4ccccc4)n3)ccc1C21c2ccccc2-c2ccccc21. The number of hydrogen-bond acceptors (Lipinski definition) is 3. The average Bonchev–Trinajstić information content (AvgIpc) is 3.56. The minimum Gasteiger partial charge on any atom is -0.208 e. The van der Waals surface area contributed by atoms with E-state index < -0.39 is 0 Å². The lowest BCUT2D eigenvalue weighted by Crippen LogP contribution is -2.27. The van der Waals surface area contributed by atoms with Gasteiger partial charge in [-0.1, -0.05) is 133 Å². The van der Waals surface area contributed by atoms with Gasteiger partial charge in [0, 0.05) is 16.7 Å². The van der Waals surface area contributed by atoms with E-state index >= 15 is 0 Å².